The quantitative estimate of drug-likeness (QED) is 0.806. The van der Waals surface area contributed by atoms with Crippen LogP contribution in [0.5, 0.6) is 0 Å². The summed E-state index contributed by atoms with van der Waals surface area (Å²) in [5.41, 5.74) is 0.656. The van der Waals surface area contributed by atoms with E-state index in [0.717, 1.165) is 44.4 Å². The molecule has 2 saturated carbocycles. The van der Waals surface area contributed by atoms with Crippen LogP contribution >= 0.6 is 11.6 Å². The van der Waals surface area contributed by atoms with Gasteiger partial charge in [-0.1, -0.05) is 30.2 Å². The Hall–Kier alpha value is -1.59. The summed E-state index contributed by atoms with van der Waals surface area (Å²) in [6.45, 7) is 3.60. The first-order chi connectivity index (χ1) is 13.1. The van der Waals surface area contributed by atoms with E-state index < -0.39 is 0 Å². The third-order valence-corrected chi connectivity index (χ3v) is 7.03. The topological polar surface area (TPSA) is 53.9 Å². The number of carbonyl (C=O) groups excluding carboxylic acids is 2. The van der Waals surface area contributed by atoms with Gasteiger partial charge in [-0.25, -0.2) is 0 Å². The number of carbonyl (C=O) groups is 2. The lowest BCUT2D eigenvalue weighted by molar-refractivity contribution is -0.895. The van der Waals surface area contributed by atoms with Gasteiger partial charge >= 0.3 is 0 Å². The number of anilines is 1. The van der Waals surface area contributed by atoms with E-state index in [1.165, 1.54) is 30.6 Å². The highest BCUT2D eigenvalue weighted by atomic mass is 35.5. The maximum absolute atomic E-state index is 12.7. The summed E-state index contributed by atoms with van der Waals surface area (Å²) in [5, 5.41) is 3.44. The Morgan fingerprint density at radius 1 is 1.15 bits per heavy atom. The smallest absolute Gasteiger partial charge is 0.279 e. The number of rotatable bonds is 5. The number of piperazine rings is 1. The maximum Gasteiger partial charge on any atom is 0.279 e. The molecule has 5 nitrogen and oxygen atoms in total. The second-order valence-electron chi connectivity index (χ2n) is 8.47. The van der Waals surface area contributed by atoms with Gasteiger partial charge in [-0.3, -0.25) is 9.59 Å². The van der Waals surface area contributed by atoms with Gasteiger partial charge in [-0.05, 0) is 49.1 Å². The summed E-state index contributed by atoms with van der Waals surface area (Å²) in [7, 11) is 0. The summed E-state index contributed by atoms with van der Waals surface area (Å²) in [6.07, 6.45) is 6.08. The Balaban J connectivity index is 1.20. The van der Waals surface area contributed by atoms with Crippen LogP contribution in [0.2, 0.25) is 5.02 Å². The lowest BCUT2D eigenvalue weighted by Crippen LogP contribution is -3.15. The molecule has 27 heavy (non-hydrogen) atoms. The summed E-state index contributed by atoms with van der Waals surface area (Å²) in [4.78, 5) is 28.2. The number of benzene rings is 1. The average Bonchev–Trinajstić information content (AvgIpc) is 3.27. The Kier molecular flexibility index (Phi) is 5.69. The molecule has 0 aromatic heterocycles. The summed E-state index contributed by atoms with van der Waals surface area (Å²) in [6, 6.07) is 7.28. The van der Waals surface area contributed by atoms with Crippen LogP contribution in [0.3, 0.4) is 0 Å². The SMILES string of the molecule is O=C(C[NH+]1CCN(C(=O)C[C@H]2C[C@@H]3CC[C@@H]2C3)CC1)Nc1ccccc1Cl. The number of para-hydroxylation sites is 1. The van der Waals surface area contributed by atoms with E-state index >= 15 is 0 Å². The van der Waals surface area contributed by atoms with Crippen LogP contribution in [0.15, 0.2) is 24.3 Å². The van der Waals surface area contributed by atoms with Crippen molar-refractivity contribution < 1.29 is 14.5 Å². The maximum atomic E-state index is 12.7. The van der Waals surface area contributed by atoms with Gasteiger partial charge in [-0.15, -0.1) is 0 Å². The molecule has 3 fully saturated rings. The van der Waals surface area contributed by atoms with Gasteiger partial charge < -0.3 is 15.1 Å². The number of hydrogen-bond acceptors (Lipinski definition) is 2. The van der Waals surface area contributed by atoms with Crippen LogP contribution in [-0.2, 0) is 9.59 Å². The number of fused-ring (bicyclic) bond motifs is 2. The third-order valence-electron chi connectivity index (χ3n) is 6.70. The van der Waals surface area contributed by atoms with E-state index in [4.69, 9.17) is 11.6 Å². The normalized spacial score (nSPS) is 27.7. The second-order valence-corrected chi connectivity index (χ2v) is 8.88. The highest BCUT2D eigenvalue weighted by molar-refractivity contribution is 6.33. The fourth-order valence-corrected chi connectivity index (χ4v) is 5.40. The predicted octanol–water partition coefficient (Wildman–Crippen LogP) is 1.83. The molecule has 1 aliphatic heterocycles. The molecule has 1 heterocycles. The van der Waals surface area contributed by atoms with Crippen molar-refractivity contribution in [2.75, 3.05) is 38.0 Å². The summed E-state index contributed by atoms with van der Waals surface area (Å²) in [5.74, 6) is 2.63. The number of nitrogens with one attached hydrogen (secondary N) is 2. The Bertz CT molecular complexity index is 702. The van der Waals surface area contributed by atoms with Crippen LogP contribution in [-0.4, -0.2) is 49.4 Å². The molecular formula is C21H29ClN3O2+. The van der Waals surface area contributed by atoms with E-state index in [2.05, 4.69) is 5.32 Å². The van der Waals surface area contributed by atoms with E-state index in [9.17, 15) is 9.59 Å². The first kappa shape index (κ1) is 18.8. The minimum Gasteiger partial charge on any atom is -0.331 e. The molecular weight excluding hydrogens is 362 g/mol. The van der Waals surface area contributed by atoms with Crippen molar-refractivity contribution in [3.05, 3.63) is 29.3 Å². The van der Waals surface area contributed by atoms with Crippen molar-refractivity contribution in [2.24, 2.45) is 17.8 Å². The van der Waals surface area contributed by atoms with Crippen molar-refractivity contribution >= 4 is 29.1 Å². The highest BCUT2D eigenvalue weighted by Crippen LogP contribution is 2.49. The van der Waals surface area contributed by atoms with E-state index in [1.54, 1.807) is 6.07 Å². The Labute approximate surface area is 166 Å². The minimum atomic E-state index is -0.0279. The zero-order valence-corrected chi connectivity index (χ0v) is 16.5. The molecule has 2 amide bonds. The van der Waals surface area contributed by atoms with Crippen LogP contribution in [0.25, 0.3) is 0 Å². The van der Waals surface area contributed by atoms with Gasteiger partial charge in [0.15, 0.2) is 6.54 Å². The largest absolute Gasteiger partial charge is 0.331 e. The summed E-state index contributed by atoms with van der Waals surface area (Å²) < 4.78 is 0. The fraction of sp³-hybridized carbons (Fsp3) is 0.619. The molecule has 1 saturated heterocycles. The molecule has 0 spiro atoms. The number of hydrogen-bond donors (Lipinski definition) is 2. The number of nitrogens with zero attached hydrogens (tertiary/aromatic N) is 1. The predicted molar refractivity (Wildman–Crippen MR) is 106 cm³/mol. The molecule has 1 aromatic rings. The van der Waals surface area contributed by atoms with Crippen LogP contribution in [0, 0.1) is 17.8 Å². The molecule has 4 rings (SSSR count). The summed E-state index contributed by atoms with van der Waals surface area (Å²) >= 11 is 6.09. The highest BCUT2D eigenvalue weighted by Gasteiger charge is 2.41. The van der Waals surface area contributed by atoms with Crippen molar-refractivity contribution in [2.45, 2.75) is 32.1 Å². The Morgan fingerprint density at radius 3 is 2.59 bits per heavy atom. The molecule has 3 aliphatic rings. The van der Waals surface area contributed by atoms with Crippen molar-refractivity contribution in [3.63, 3.8) is 0 Å². The molecule has 0 radical (unpaired) electrons. The molecule has 2 bridgehead atoms. The third kappa shape index (κ3) is 4.46. The van der Waals surface area contributed by atoms with E-state index in [0.29, 0.717) is 29.1 Å². The van der Waals surface area contributed by atoms with Crippen molar-refractivity contribution in [1.29, 1.82) is 0 Å². The molecule has 2 N–H and O–H groups in total. The molecule has 6 heteroatoms. The Morgan fingerprint density at radius 2 is 1.93 bits per heavy atom. The second kappa shape index (κ2) is 8.19. The monoisotopic (exact) mass is 390 g/mol. The van der Waals surface area contributed by atoms with Gasteiger partial charge in [0.05, 0.1) is 36.9 Å². The van der Waals surface area contributed by atoms with E-state index in [-0.39, 0.29) is 5.91 Å². The van der Waals surface area contributed by atoms with Crippen LogP contribution < -0.4 is 10.2 Å². The lowest BCUT2D eigenvalue weighted by atomic mass is 9.86. The van der Waals surface area contributed by atoms with Gasteiger partial charge in [0.1, 0.15) is 0 Å². The molecule has 1 aromatic carbocycles. The van der Waals surface area contributed by atoms with Crippen LogP contribution in [0.4, 0.5) is 5.69 Å². The van der Waals surface area contributed by atoms with Gasteiger partial charge in [0.2, 0.25) is 5.91 Å². The van der Waals surface area contributed by atoms with Gasteiger partial charge in [-0.2, -0.15) is 0 Å². The number of quaternary nitrogens is 1. The fourth-order valence-electron chi connectivity index (χ4n) is 5.21. The molecule has 3 atom stereocenters. The first-order valence-electron chi connectivity index (χ1n) is 10.2. The van der Waals surface area contributed by atoms with E-state index in [1.807, 2.05) is 23.1 Å². The first-order valence-corrected chi connectivity index (χ1v) is 10.6. The zero-order chi connectivity index (χ0) is 18.8. The van der Waals surface area contributed by atoms with Crippen LogP contribution in [0.1, 0.15) is 32.1 Å². The molecule has 2 aliphatic carbocycles. The number of amides is 2. The zero-order valence-electron chi connectivity index (χ0n) is 15.8. The molecule has 0 unspecified atom stereocenters. The lowest BCUT2D eigenvalue weighted by Gasteiger charge is -2.33. The van der Waals surface area contributed by atoms with Gasteiger partial charge in [0, 0.05) is 6.42 Å². The average molecular weight is 391 g/mol. The molecule has 146 valence electrons. The van der Waals surface area contributed by atoms with Gasteiger partial charge in [0.25, 0.3) is 5.91 Å². The van der Waals surface area contributed by atoms with Crippen molar-refractivity contribution in [3.8, 4) is 0 Å². The number of halogens is 1. The minimum absolute atomic E-state index is 0.0279. The van der Waals surface area contributed by atoms with Crippen molar-refractivity contribution in [1.82, 2.24) is 4.90 Å². The standard InChI is InChI=1S/C21H28ClN3O2/c22-18-3-1-2-4-19(18)23-20(26)14-24-7-9-25(10-8-24)21(27)13-17-12-15-5-6-16(17)11-15/h1-4,15-17H,5-14H2,(H,23,26)/p+1/t15-,16-,17-/m1/s1.